The van der Waals surface area contributed by atoms with E-state index in [0.717, 1.165) is 42.1 Å². The molecule has 7 heteroatoms. The van der Waals surface area contributed by atoms with Gasteiger partial charge in [-0.3, -0.25) is 9.00 Å². The molecule has 1 fully saturated rings. The van der Waals surface area contributed by atoms with E-state index in [9.17, 15) is 13.4 Å². The van der Waals surface area contributed by atoms with Gasteiger partial charge in [-0.05, 0) is 61.7 Å². The monoisotopic (exact) mass is 418 g/mol. The SMILES string of the molecule is O=C(Nc1ccc(F)cc1)C1=C(N2CCCC2)c2cc(Cl)ccc2S(=O)CC1. The Balaban J connectivity index is 1.80. The number of amides is 1. The van der Waals surface area contributed by atoms with E-state index in [1.807, 2.05) is 0 Å². The summed E-state index contributed by atoms with van der Waals surface area (Å²) in [4.78, 5) is 16.1. The highest BCUT2D eigenvalue weighted by molar-refractivity contribution is 7.85. The quantitative estimate of drug-likeness (QED) is 0.801. The van der Waals surface area contributed by atoms with Crippen molar-refractivity contribution < 1.29 is 13.4 Å². The first-order valence-electron chi connectivity index (χ1n) is 9.26. The number of nitrogens with zero attached hydrogens (tertiary/aromatic N) is 1. The number of likely N-dealkylation sites (tertiary alicyclic amines) is 1. The molecule has 1 amide bonds. The Kier molecular flexibility index (Phi) is 5.51. The molecule has 1 saturated heterocycles. The normalized spacial score (nSPS) is 19.4. The summed E-state index contributed by atoms with van der Waals surface area (Å²) >= 11 is 6.25. The topological polar surface area (TPSA) is 49.4 Å². The van der Waals surface area contributed by atoms with E-state index in [1.54, 1.807) is 18.2 Å². The minimum Gasteiger partial charge on any atom is -0.371 e. The predicted molar refractivity (Wildman–Crippen MR) is 110 cm³/mol. The molecule has 2 aliphatic rings. The molecule has 2 heterocycles. The molecule has 0 bridgehead atoms. The highest BCUT2D eigenvalue weighted by Gasteiger charge is 2.30. The largest absolute Gasteiger partial charge is 0.371 e. The third-order valence-electron chi connectivity index (χ3n) is 5.06. The van der Waals surface area contributed by atoms with Crippen molar-refractivity contribution in [1.29, 1.82) is 0 Å². The summed E-state index contributed by atoms with van der Waals surface area (Å²) in [5, 5.41) is 3.41. The maximum absolute atomic E-state index is 13.2. The van der Waals surface area contributed by atoms with Crippen molar-refractivity contribution in [2.24, 2.45) is 0 Å². The van der Waals surface area contributed by atoms with Gasteiger partial charge in [0.15, 0.2) is 0 Å². The maximum atomic E-state index is 13.2. The van der Waals surface area contributed by atoms with Gasteiger partial charge < -0.3 is 10.2 Å². The molecule has 1 unspecified atom stereocenters. The van der Waals surface area contributed by atoms with Crippen molar-refractivity contribution in [3.63, 3.8) is 0 Å². The van der Waals surface area contributed by atoms with Crippen LogP contribution < -0.4 is 5.32 Å². The molecular weight excluding hydrogens is 399 g/mol. The van der Waals surface area contributed by atoms with Crippen LogP contribution in [0.5, 0.6) is 0 Å². The van der Waals surface area contributed by atoms with Gasteiger partial charge >= 0.3 is 0 Å². The number of rotatable bonds is 3. The zero-order valence-corrected chi connectivity index (χ0v) is 16.8. The molecule has 4 nitrogen and oxygen atoms in total. The van der Waals surface area contributed by atoms with Gasteiger partial charge in [0, 0.05) is 45.6 Å². The van der Waals surface area contributed by atoms with Crippen molar-refractivity contribution >= 4 is 39.7 Å². The van der Waals surface area contributed by atoms with Crippen LogP contribution in [0.2, 0.25) is 5.02 Å². The van der Waals surface area contributed by atoms with Gasteiger partial charge in [0.05, 0.1) is 16.5 Å². The summed E-state index contributed by atoms with van der Waals surface area (Å²) in [7, 11) is -1.20. The van der Waals surface area contributed by atoms with Crippen molar-refractivity contribution in [2.75, 3.05) is 24.2 Å². The third-order valence-corrected chi connectivity index (χ3v) is 6.72. The molecule has 1 N–H and O–H groups in total. The van der Waals surface area contributed by atoms with Crippen LogP contribution >= 0.6 is 11.6 Å². The lowest BCUT2D eigenvalue weighted by molar-refractivity contribution is -0.112. The molecular formula is C21H20ClFN2O2S. The van der Waals surface area contributed by atoms with Crippen LogP contribution in [-0.2, 0) is 15.6 Å². The Labute approximate surface area is 170 Å². The first kappa shape index (κ1) is 19.2. The number of hydrogen-bond acceptors (Lipinski definition) is 3. The van der Waals surface area contributed by atoms with Crippen LogP contribution in [0.15, 0.2) is 52.9 Å². The standard InChI is InChI=1S/C21H20ClFN2O2S/c22-14-3-8-19-18(13-14)20(25-10-1-2-11-25)17(9-12-28(19)27)21(26)24-16-6-4-15(23)5-7-16/h3-8,13H,1-2,9-12H2,(H,24,26). The Morgan fingerprint density at radius 3 is 2.54 bits per heavy atom. The number of hydrogen-bond donors (Lipinski definition) is 1. The molecule has 1 atom stereocenters. The van der Waals surface area contributed by atoms with Gasteiger partial charge in [0.2, 0.25) is 0 Å². The van der Waals surface area contributed by atoms with Gasteiger partial charge in [-0.2, -0.15) is 0 Å². The van der Waals surface area contributed by atoms with Crippen molar-refractivity contribution in [2.45, 2.75) is 24.2 Å². The van der Waals surface area contributed by atoms with Gasteiger partial charge in [0.1, 0.15) is 5.82 Å². The molecule has 4 rings (SSSR count). The number of nitrogens with one attached hydrogen (secondary N) is 1. The first-order valence-corrected chi connectivity index (χ1v) is 11.0. The van der Waals surface area contributed by atoms with Gasteiger partial charge in [-0.15, -0.1) is 0 Å². The molecule has 2 aromatic carbocycles. The summed E-state index contributed by atoms with van der Waals surface area (Å²) < 4.78 is 26.0. The molecule has 0 radical (unpaired) electrons. The fourth-order valence-corrected chi connectivity index (χ4v) is 5.14. The van der Waals surface area contributed by atoms with Crippen LogP contribution in [-0.4, -0.2) is 33.9 Å². The number of benzene rings is 2. The highest BCUT2D eigenvalue weighted by Crippen LogP contribution is 2.37. The second-order valence-corrected chi connectivity index (χ2v) is 8.90. The third kappa shape index (κ3) is 3.84. The van der Waals surface area contributed by atoms with Crippen molar-refractivity contribution in [1.82, 2.24) is 4.90 Å². The molecule has 146 valence electrons. The summed E-state index contributed by atoms with van der Waals surface area (Å²) in [6.07, 6.45) is 2.50. The summed E-state index contributed by atoms with van der Waals surface area (Å²) in [5.41, 5.74) is 2.71. The van der Waals surface area contributed by atoms with Crippen LogP contribution in [0.3, 0.4) is 0 Å². The lowest BCUT2D eigenvalue weighted by Gasteiger charge is -2.25. The van der Waals surface area contributed by atoms with E-state index in [0.29, 0.717) is 28.5 Å². The highest BCUT2D eigenvalue weighted by atomic mass is 35.5. The Morgan fingerprint density at radius 1 is 1.11 bits per heavy atom. The molecule has 0 saturated carbocycles. The van der Waals surface area contributed by atoms with E-state index in [-0.39, 0.29) is 11.7 Å². The maximum Gasteiger partial charge on any atom is 0.253 e. The predicted octanol–water partition coefficient (Wildman–Crippen LogP) is 4.44. The first-order chi connectivity index (χ1) is 13.5. The fraction of sp³-hybridized carbons (Fsp3) is 0.286. The van der Waals surface area contributed by atoms with E-state index in [2.05, 4.69) is 10.2 Å². The second kappa shape index (κ2) is 8.05. The summed E-state index contributed by atoms with van der Waals surface area (Å²) in [5.74, 6) is -0.236. The Hall–Kier alpha value is -2.18. The number of carbonyl (C=O) groups excluding carboxylic acids is 1. The number of halogens is 2. The zero-order chi connectivity index (χ0) is 19.7. The fourth-order valence-electron chi connectivity index (χ4n) is 3.73. The molecule has 28 heavy (non-hydrogen) atoms. The minimum absolute atomic E-state index is 0.252. The van der Waals surface area contributed by atoms with Crippen LogP contribution in [0, 0.1) is 5.82 Å². The van der Waals surface area contributed by atoms with E-state index in [1.165, 1.54) is 24.3 Å². The zero-order valence-electron chi connectivity index (χ0n) is 15.2. The molecule has 0 spiro atoms. The van der Waals surface area contributed by atoms with Crippen LogP contribution in [0.25, 0.3) is 5.70 Å². The Morgan fingerprint density at radius 2 is 1.82 bits per heavy atom. The lowest BCUT2D eigenvalue weighted by Crippen LogP contribution is -2.24. The summed E-state index contributed by atoms with van der Waals surface area (Å²) in [6, 6.07) is 11.0. The molecule has 0 aromatic heterocycles. The van der Waals surface area contributed by atoms with Crippen LogP contribution in [0.1, 0.15) is 24.8 Å². The number of fused-ring (bicyclic) bond motifs is 1. The van der Waals surface area contributed by atoms with Crippen LogP contribution in [0.4, 0.5) is 10.1 Å². The smallest absolute Gasteiger partial charge is 0.253 e. The molecule has 0 aliphatic carbocycles. The van der Waals surface area contributed by atoms with Gasteiger partial charge in [-0.25, -0.2) is 4.39 Å². The van der Waals surface area contributed by atoms with Crippen molar-refractivity contribution in [3.05, 3.63) is 64.4 Å². The summed E-state index contributed by atoms with van der Waals surface area (Å²) in [6.45, 7) is 1.70. The lowest BCUT2D eigenvalue weighted by atomic mass is 10.0. The molecule has 2 aliphatic heterocycles. The van der Waals surface area contributed by atoms with Gasteiger partial charge in [-0.1, -0.05) is 11.6 Å². The van der Waals surface area contributed by atoms with E-state index >= 15 is 0 Å². The minimum atomic E-state index is -1.20. The second-order valence-electron chi connectivity index (χ2n) is 6.92. The number of carbonyl (C=O) groups is 1. The molecule has 2 aromatic rings. The van der Waals surface area contributed by atoms with E-state index in [4.69, 9.17) is 11.6 Å². The Bertz CT molecular complexity index is 969. The average molecular weight is 419 g/mol. The number of anilines is 1. The van der Waals surface area contributed by atoms with Gasteiger partial charge in [0.25, 0.3) is 5.91 Å². The van der Waals surface area contributed by atoms with Crippen molar-refractivity contribution in [3.8, 4) is 0 Å². The van der Waals surface area contributed by atoms with E-state index < -0.39 is 10.8 Å². The average Bonchev–Trinajstić information content (AvgIpc) is 3.16.